The van der Waals surface area contributed by atoms with E-state index in [4.69, 9.17) is 23.2 Å². The Balaban J connectivity index is 1.75. The number of sulfonamides is 1. The van der Waals surface area contributed by atoms with Gasteiger partial charge >= 0.3 is 0 Å². The normalized spacial score (nSPS) is 14.8. The van der Waals surface area contributed by atoms with E-state index in [-0.39, 0.29) is 48.2 Å². The molecule has 1 atom stereocenters. The Hall–Kier alpha value is -2.62. The van der Waals surface area contributed by atoms with Crippen LogP contribution in [0.25, 0.3) is 0 Å². The third-order valence-electron chi connectivity index (χ3n) is 6.24. The van der Waals surface area contributed by atoms with Gasteiger partial charge in [0.15, 0.2) is 0 Å². The van der Waals surface area contributed by atoms with Gasteiger partial charge in [0.25, 0.3) is 15.9 Å². The van der Waals surface area contributed by atoms with Crippen LogP contribution in [0.2, 0.25) is 10.0 Å². The minimum Gasteiger partial charge on any atom is -0.354 e. The highest BCUT2D eigenvalue weighted by Crippen LogP contribution is 2.30. The molecule has 3 rings (SSSR count). The maximum Gasteiger partial charge on any atom is 0.269 e. The molecule has 0 aromatic heterocycles. The fraction of sp³-hybridized carbons (Fsp3) is 0.423. The van der Waals surface area contributed by atoms with Gasteiger partial charge in [0.05, 0.1) is 5.56 Å². The Morgan fingerprint density at radius 3 is 2.46 bits per heavy atom. The molecule has 1 N–H and O–H groups in total. The van der Waals surface area contributed by atoms with Crippen LogP contribution < -0.4 is 5.32 Å². The van der Waals surface area contributed by atoms with Crippen LogP contribution >= 0.6 is 23.2 Å². The monoisotopic (exact) mass is 567 g/mol. The summed E-state index contributed by atoms with van der Waals surface area (Å²) in [6, 6.07) is 10.2. The molecular weight excluding hydrogens is 537 g/mol. The highest BCUT2D eigenvalue weighted by molar-refractivity contribution is 7.90. The first-order valence-electron chi connectivity index (χ1n) is 12.3. The van der Waals surface area contributed by atoms with Crippen molar-refractivity contribution in [1.82, 2.24) is 14.5 Å². The maximum atomic E-state index is 13.4. The van der Waals surface area contributed by atoms with E-state index in [1.165, 1.54) is 17.0 Å². The van der Waals surface area contributed by atoms with Gasteiger partial charge in [0, 0.05) is 36.1 Å². The van der Waals surface area contributed by atoms with Crippen molar-refractivity contribution in [2.75, 3.05) is 13.1 Å². The molecule has 3 amide bonds. The first kappa shape index (κ1) is 28.9. The molecule has 11 heteroatoms. The topological polar surface area (TPSA) is 104 Å². The Morgan fingerprint density at radius 2 is 1.81 bits per heavy atom. The second-order valence-corrected chi connectivity index (χ2v) is 11.5. The second kappa shape index (κ2) is 12.8. The Labute approximate surface area is 228 Å². The van der Waals surface area contributed by atoms with E-state index in [0.717, 1.165) is 17.1 Å². The summed E-state index contributed by atoms with van der Waals surface area (Å²) in [6.45, 7) is 4.29. The largest absolute Gasteiger partial charge is 0.354 e. The van der Waals surface area contributed by atoms with E-state index in [1.54, 1.807) is 30.3 Å². The highest BCUT2D eigenvalue weighted by atomic mass is 35.5. The van der Waals surface area contributed by atoms with E-state index in [2.05, 4.69) is 5.32 Å². The maximum absolute atomic E-state index is 13.4. The van der Waals surface area contributed by atoms with Gasteiger partial charge in [-0.15, -0.1) is 0 Å². The number of carbonyl (C=O) groups is 3. The van der Waals surface area contributed by atoms with Gasteiger partial charge in [-0.05, 0) is 49.1 Å². The third-order valence-corrected chi connectivity index (χ3v) is 8.66. The number of nitrogens with one attached hydrogen (secondary N) is 1. The SMILES string of the molecule is CCCCNC(=O)[C@H](CC)N(Cc1ccc(Cl)cc1Cl)C(=O)CCCN1C(=O)c2ccccc2S1(=O)=O. The van der Waals surface area contributed by atoms with Crippen LogP contribution in [0.1, 0.15) is 61.9 Å². The molecule has 200 valence electrons. The highest BCUT2D eigenvalue weighted by Gasteiger charge is 2.40. The van der Waals surface area contributed by atoms with Gasteiger partial charge in [0.2, 0.25) is 11.8 Å². The van der Waals surface area contributed by atoms with E-state index in [1.807, 2.05) is 13.8 Å². The number of hydrogen-bond donors (Lipinski definition) is 1. The molecule has 2 aromatic rings. The molecule has 0 saturated heterocycles. The molecule has 1 aliphatic rings. The summed E-state index contributed by atoms with van der Waals surface area (Å²) in [5.41, 5.74) is 0.759. The number of halogens is 2. The van der Waals surface area contributed by atoms with Crippen molar-refractivity contribution in [3.8, 4) is 0 Å². The summed E-state index contributed by atoms with van der Waals surface area (Å²) in [5.74, 6) is -1.21. The van der Waals surface area contributed by atoms with Crippen LogP contribution in [-0.2, 0) is 26.2 Å². The quantitative estimate of drug-likeness (QED) is 0.376. The lowest BCUT2D eigenvalue weighted by molar-refractivity contribution is -0.141. The molecule has 37 heavy (non-hydrogen) atoms. The molecule has 2 aromatic carbocycles. The van der Waals surface area contributed by atoms with Crippen LogP contribution in [0.4, 0.5) is 0 Å². The van der Waals surface area contributed by atoms with Gasteiger partial charge in [-0.2, -0.15) is 0 Å². The van der Waals surface area contributed by atoms with Crippen molar-refractivity contribution in [3.63, 3.8) is 0 Å². The number of amides is 3. The first-order chi connectivity index (χ1) is 17.6. The van der Waals surface area contributed by atoms with Crippen molar-refractivity contribution >= 4 is 50.9 Å². The van der Waals surface area contributed by atoms with Crippen molar-refractivity contribution in [1.29, 1.82) is 0 Å². The van der Waals surface area contributed by atoms with Crippen LogP contribution in [-0.4, -0.2) is 54.5 Å². The number of nitrogens with zero attached hydrogens (tertiary/aromatic N) is 2. The first-order valence-corrected chi connectivity index (χ1v) is 14.5. The van der Waals surface area contributed by atoms with E-state index >= 15 is 0 Å². The Kier molecular flexibility index (Phi) is 9.98. The fourth-order valence-corrected chi connectivity index (χ4v) is 6.30. The van der Waals surface area contributed by atoms with Crippen LogP contribution in [0, 0.1) is 0 Å². The standard InChI is InChI=1S/C26H31Cl2N3O5S/c1-3-5-14-29-25(33)22(4-2)30(17-18-12-13-19(27)16-21(18)28)24(32)11-8-15-31-26(34)20-9-6-7-10-23(20)37(31,35)36/h6-7,9-10,12-13,16,22H,3-5,8,11,14-15,17H2,1-2H3,(H,29,33)/t22-/m0/s1. The second-order valence-electron chi connectivity index (χ2n) is 8.81. The Bertz CT molecular complexity index is 1270. The van der Waals surface area contributed by atoms with Gasteiger partial charge in [-0.25, -0.2) is 12.7 Å². The van der Waals surface area contributed by atoms with Crippen molar-refractivity contribution in [2.24, 2.45) is 0 Å². The molecule has 1 aliphatic heterocycles. The van der Waals surface area contributed by atoms with Gasteiger partial charge in [0.1, 0.15) is 10.9 Å². The molecule has 1 heterocycles. The fourth-order valence-electron chi connectivity index (χ4n) is 4.23. The number of hydrogen-bond acceptors (Lipinski definition) is 5. The van der Waals surface area contributed by atoms with E-state index in [0.29, 0.717) is 28.6 Å². The van der Waals surface area contributed by atoms with E-state index < -0.39 is 22.0 Å². The molecule has 0 aliphatic carbocycles. The summed E-state index contributed by atoms with van der Waals surface area (Å²) >= 11 is 12.4. The molecule has 0 radical (unpaired) electrons. The smallest absolute Gasteiger partial charge is 0.269 e. The van der Waals surface area contributed by atoms with Crippen LogP contribution in [0.3, 0.4) is 0 Å². The summed E-state index contributed by atoms with van der Waals surface area (Å²) < 4.78 is 26.4. The molecule has 0 bridgehead atoms. The van der Waals surface area contributed by atoms with Gasteiger partial charge < -0.3 is 10.2 Å². The lowest BCUT2D eigenvalue weighted by atomic mass is 10.1. The molecule has 8 nitrogen and oxygen atoms in total. The average molecular weight is 569 g/mol. The summed E-state index contributed by atoms with van der Waals surface area (Å²) in [7, 11) is -3.95. The molecule has 0 unspecified atom stereocenters. The number of unbranched alkanes of at least 4 members (excludes halogenated alkanes) is 1. The minimum atomic E-state index is -3.95. The predicted molar refractivity (Wildman–Crippen MR) is 143 cm³/mol. The minimum absolute atomic E-state index is 0.0277. The third kappa shape index (κ3) is 6.64. The predicted octanol–water partition coefficient (Wildman–Crippen LogP) is 4.64. The lowest BCUT2D eigenvalue weighted by Crippen LogP contribution is -2.49. The van der Waals surface area contributed by atoms with E-state index in [9.17, 15) is 22.8 Å². The zero-order valence-electron chi connectivity index (χ0n) is 20.9. The molecular formula is C26H31Cl2N3O5S. The average Bonchev–Trinajstić information content (AvgIpc) is 3.06. The van der Waals surface area contributed by atoms with Crippen molar-refractivity contribution < 1.29 is 22.8 Å². The number of fused-ring (bicyclic) bond motifs is 1. The number of benzene rings is 2. The molecule has 0 spiro atoms. The zero-order chi connectivity index (χ0) is 27.2. The van der Waals surface area contributed by atoms with Crippen LogP contribution in [0.15, 0.2) is 47.4 Å². The number of rotatable bonds is 12. The zero-order valence-corrected chi connectivity index (χ0v) is 23.2. The van der Waals surface area contributed by atoms with Crippen molar-refractivity contribution in [2.45, 2.75) is 63.4 Å². The van der Waals surface area contributed by atoms with Gasteiger partial charge in [-0.1, -0.05) is 61.7 Å². The summed E-state index contributed by atoms with van der Waals surface area (Å²) in [6.07, 6.45) is 2.17. The van der Waals surface area contributed by atoms with Gasteiger partial charge in [-0.3, -0.25) is 14.4 Å². The summed E-state index contributed by atoms with van der Waals surface area (Å²) in [4.78, 5) is 40.5. The van der Waals surface area contributed by atoms with Crippen LogP contribution in [0.5, 0.6) is 0 Å². The molecule has 0 fully saturated rings. The summed E-state index contributed by atoms with van der Waals surface area (Å²) in [5, 5.41) is 3.71. The van der Waals surface area contributed by atoms with Crippen molar-refractivity contribution in [3.05, 3.63) is 63.6 Å². The molecule has 0 saturated carbocycles. The lowest BCUT2D eigenvalue weighted by Gasteiger charge is -2.31. The Morgan fingerprint density at radius 1 is 1.08 bits per heavy atom. The number of carbonyl (C=O) groups excluding carboxylic acids is 3.